The van der Waals surface area contributed by atoms with Crippen LogP contribution in [0, 0.1) is 0 Å². The lowest BCUT2D eigenvalue weighted by Gasteiger charge is -2.17. The zero-order valence-corrected chi connectivity index (χ0v) is 4.90. The normalized spacial score (nSPS) is 12.7. The summed E-state index contributed by atoms with van der Waals surface area (Å²) in [7, 11) is 1.72. The molecule has 0 rings (SSSR count). The first kappa shape index (κ1) is 8.67. The van der Waals surface area contributed by atoms with Crippen LogP contribution in [0.15, 0.2) is 0 Å². The summed E-state index contributed by atoms with van der Waals surface area (Å²) in [6.07, 6.45) is -4.59. The van der Waals surface area contributed by atoms with Gasteiger partial charge in [-0.15, -0.1) is 0 Å². The van der Waals surface area contributed by atoms with E-state index < -0.39 is 11.5 Å². The van der Waals surface area contributed by atoms with Gasteiger partial charge in [-0.1, -0.05) is 0 Å². The quantitative estimate of drug-likeness (QED) is 0.426. The molecule has 56 valence electrons. The van der Waals surface area contributed by atoms with Gasteiger partial charge in [-0.3, -0.25) is 9.68 Å². The van der Waals surface area contributed by atoms with Crippen molar-refractivity contribution in [2.24, 2.45) is 0 Å². The van der Waals surface area contributed by atoms with Crippen LogP contribution in [0.3, 0.4) is 0 Å². The Morgan fingerprint density at radius 3 is 1.44 bits per heavy atom. The van der Waals surface area contributed by atoms with Gasteiger partial charge in [-0.05, 0) is 0 Å². The van der Waals surface area contributed by atoms with Gasteiger partial charge in [0.1, 0.15) is 0 Å². The molecule has 0 N–H and O–H groups in total. The highest BCUT2D eigenvalue weighted by molar-refractivity contribution is 4.28. The van der Waals surface area contributed by atoms with Crippen LogP contribution in [0.4, 0.5) is 13.2 Å². The van der Waals surface area contributed by atoms with Crippen LogP contribution in [0.25, 0.3) is 0 Å². The topological polar surface area (TPSA) is 21.7 Å². The summed E-state index contributed by atoms with van der Waals surface area (Å²) in [6, 6.07) is 0. The Kier molecular flexibility index (Phi) is 2.89. The number of nitrogens with zero attached hydrogens (tertiary/aromatic N) is 1. The van der Waals surface area contributed by atoms with Gasteiger partial charge in [-0.25, -0.2) is 0 Å². The van der Waals surface area contributed by atoms with E-state index in [0.717, 1.165) is 14.2 Å². The summed E-state index contributed by atoms with van der Waals surface area (Å²) < 4.78 is 34.2. The van der Waals surface area contributed by atoms with Crippen molar-refractivity contribution in [1.82, 2.24) is 5.23 Å². The molecule has 9 heavy (non-hydrogen) atoms. The monoisotopic (exact) mass is 145 g/mol. The smallest absolute Gasteiger partial charge is 0.270 e. The Balaban J connectivity index is 3.79. The number of hydroxylamine groups is 2. The van der Waals surface area contributed by atoms with Crippen molar-refractivity contribution in [2.75, 3.05) is 14.2 Å². The molecule has 0 aromatic carbocycles. The molecule has 0 atom stereocenters. The van der Waals surface area contributed by atoms with Crippen molar-refractivity contribution in [2.45, 2.75) is 6.30 Å². The molecule has 0 aliphatic carbocycles. The number of halogens is 3. The second-order valence-corrected chi connectivity index (χ2v) is 1.09. The molecule has 0 aromatic rings. The summed E-state index contributed by atoms with van der Waals surface area (Å²) in [5.74, 6) is 0. The molecule has 0 aliphatic heterocycles. The predicted molar refractivity (Wildman–Crippen MR) is 21.9 cm³/mol. The van der Waals surface area contributed by atoms with E-state index in [9.17, 15) is 13.2 Å². The van der Waals surface area contributed by atoms with Crippen LogP contribution in [0.1, 0.15) is 0 Å². The van der Waals surface area contributed by atoms with Crippen LogP contribution in [0.2, 0.25) is 0 Å². The molecule has 0 amide bonds. The molecule has 0 heterocycles. The third-order valence-electron chi connectivity index (χ3n) is 0.539. The maximum Gasteiger partial charge on any atom is 0.507 e. The van der Waals surface area contributed by atoms with Crippen molar-refractivity contribution < 1.29 is 22.8 Å². The lowest BCUT2D eigenvalue weighted by Crippen LogP contribution is -2.35. The van der Waals surface area contributed by atoms with Crippen LogP contribution in [-0.2, 0) is 9.68 Å². The Morgan fingerprint density at radius 1 is 1.11 bits per heavy atom. The molecule has 0 saturated heterocycles. The number of rotatable bonds is 2. The van der Waals surface area contributed by atoms with Crippen molar-refractivity contribution in [3.63, 3.8) is 0 Å². The van der Waals surface area contributed by atoms with Crippen LogP contribution < -0.4 is 0 Å². The molecule has 0 spiro atoms. The van der Waals surface area contributed by atoms with Gasteiger partial charge in [0, 0.05) is 5.23 Å². The first-order valence-electron chi connectivity index (χ1n) is 1.97. The zero-order valence-electron chi connectivity index (χ0n) is 4.90. The zero-order chi connectivity index (χ0) is 7.49. The van der Waals surface area contributed by atoms with E-state index in [1.807, 2.05) is 0 Å². The third kappa shape index (κ3) is 2.64. The van der Waals surface area contributed by atoms with E-state index >= 15 is 0 Å². The van der Waals surface area contributed by atoms with Gasteiger partial charge in [0.25, 0.3) is 0 Å². The first-order valence-corrected chi connectivity index (χ1v) is 1.97. The molecule has 0 saturated carbocycles. The van der Waals surface area contributed by atoms with Crippen molar-refractivity contribution in [1.29, 1.82) is 0 Å². The highest BCUT2D eigenvalue weighted by atomic mass is 19.4. The van der Waals surface area contributed by atoms with E-state index in [2.05, 4.69) is 9.68 Å². The summed E-state index contributed by atoms with van der Waals surface area (Å²) in [4.78, 5) is 7.50. The lowest BCUT2D eigenvalue weighted by molar-refractivity contribution is -0.487. The van der Waals surface area contributed by atoms with Gasteiger partial charge < -0.3 is 0 Å². The van der Waals surface area contributed by atoms with Crippen molar-refractivity contribution >= 4 is 0 Å². The van der Waals surface area contributed by atoms with Gasteiger partial charge >= 0.3 is 6.30 Å². The fourth-order valence-corrected chi connectivity index (χ4v) is 0.282. The maximum atomic E-state index is 11.4. The second kappa shape index (κ2) is 3.00. The maximum absolute atomic E-state index is 11.4. The van der Waals surface area contributed by atoms with Gasteiger partial charge in [0.15, 0.2) is 0 Å². The summed E-state index contributed by atoms with van der Waals surface area (Å²) in [5.41, 5.74) is 0. The molecule has 0 aliphatic rings. The number of hydrogen-bond donors (Lipinski definition) is 0. The van der Waals surface area contributed by atoms with Gasteiger partial charge in [-0.2, -0.15) is 13.2 Å². The molecule has 0 unspecified atom stereocenters. The largest absolute Gasteiger partial charge is 0.507 e. The summed E-state index contributed by atoms with van der Waals surface area (Å²) in [5, 5.41) is -0.562. The Bertz CT molecular complexity index is 79.6. The first-order chi connectivity index (χ1) is 4.02. The van der Waals surface area contributed by atoms with Crippen molar-refractivity contribution in [3.05, 3.63) is 0 Å². The third-order valence-corrected chi connectivity index (χ3v) is 0.539. The molecular weight excluding hydrogens is 139 g/mol. The van der Waals surface area contributed by atoms with E-state index in [4.69, 9.17) is 0 Å². The van der Waals surface area contributed by atoms with E-state index in [1.165, 1.54) is 0 Å². The average Bonchev–Trinajstić information content (AvgIpc) is 1.65. The molecule has 0 fully saturated rings. The van der Waals surface area contributed by atoms with Crippen LogP contribution in [-0.4, -0.2) is 25.7 Å². The molecule has 3 nitrogen and oxygen atoms in total. The fourth-order valence-electron chi connectivity index (χ4n) is 0.282. The Labute approximate surface area is 49.9 Å². The Morgan fingerprint density at radius 2 is 1.44 bits per heavy atom. The molecule has 0 aromatic heterocycles. The molecule has 0 bridgehead atoms. The standard InChI is InChI=1S/C3H6F3NO2/c1-8-7(9-2)3(4,5)6/h1-2H3. The SMILES string of the molecule is CON(OC)C(F)(F)F. The number of hydrogen-bond acceptors (Lipinski definition) is 3. The molecule has 0 radical (unpaired) electrons. The van der Waals surface area contributed by atoms with E-state index in [-0.39, 0.29) is 0 Å². The lowest BCUT2D eigenvalue weighted by atomic mass is 11.2. The van der Waals surface area contributed by atoms with E-state index in [1.54, 1.807) is 0 Å². The fraction of sp³-hybridized carbons (Fsp3) is 1.00. The number of alkyl halides is 3. The average molecular weight is 145 g/mol. The Hall–Kier alpha value is -0.330. The molecular formula is C3H6F3NO2. The van der Waals surface area contributed by atoms with Crippen molar-refractivity contribution in [3.8, 4) is 0 Å². The van der Waals surface area contributed by atoms with Crippen LogP contribution in [0.5, 0.6) is 0 Å². The minimum absolute atomic E-state index is 0.562. The second-order valence-electron chi connectivity index (χ2n) is 1.09. The predicted octanol–water partition coefficient (Wildman–Crippen LogP) is 0.931. The summed E-state index contributed by atoms with van der Waals surface area (Å²) >= 11 is 0. The van der Waals surface area contributed by atoms with Gasteiger partial charge in [0.2, 0.25) is 0 Å². The van der Waals surface area contributed by atoms with Crippen LogP contribution >= 0.6 is 0 Å². The summed E-state index contributed by atoms with van der Waals surface area (Å²) in [6.45, 7) is 0. The van der Waals surface area contributed by atoms with Gasteiger partial charge in [0.05, 0.1) is 14.2 Å². The van der Waals surface area contributed by atoms with E-state index in [0.29, 0.717) is 0 Å². The highest BCUT2D eigenvalue weighted by Crippen LogP contribution is 2.20. The minimum Gasteiger partial charge on any atom is -0.270 e. The molecule has 6 heteroatoms. The highest BCUT2D eigenvalue weighted by Gasteiger charge is 2.39. The minimum atomic E-state index is -4.59.